The van der Waals surface area contributed by atoms with Gasteiger partial charge in [-0.3, -0.25) is 9.97 Å². The molecular formula is C24H17N3. The van der Waals surface area contributed by atoms with Crippen molar-refractivity contribution in [1.82, 2.24) is 9.97 Å². The Morgan fingerprint density at radius 1 is 0.556 bits per heavy atom. The lowest BCUT2D eigenvalue weighted by Crippen LogP contribution is -2.10. The molecule has 0 aliphatic heterocycles. The first-order chi connectivity index (χ1) is 13.4. The van der Waals surface area contributed by atoms with Gasteiger partial charge in [0.05, 0.1) is 16.7 Å². The molecule has 3 aromatic carbocycles. The Bertz CT molecular complexity index is 1230. The molecule has 0 N–H and O–H groups in total. The number of pyridine rings is 2. The number of fused-ring (bicyclic) bond motifs is 2. The summed E-state index contributed by atoms with van der Waals surface area (Å²) in [6, 6.07) is 31.2. The summed E-state index contributed by atoms with van der Waals surface area (Å²) in [5, 5.41) is 2.24. The molecule has 0 spiro atoms. The zero-order valence-corrected chi connectivity index (χ0v) is 14.7. The number of rotatable bonds is 3. The molecule has 0 radical (unpaired) electrons. The lowest BCUT2D eigenvalue weighted by atomic mass is 10.1. The van der Waals surface area contributed by atoms with Gasteiger partial charge in [0, 0.05) is 34.5 Å². The van der Waals surface area contributed by atoms with Gasteiger partial charge in [0.1, 0.15) is 0 Å². The van der Waals surface area contributed by atoms with Crippen molar-refractivity contribution in [2.24, 2.45) is 0 Å². The van der Waals surface area contributed by atoms with Crippen LogP contribution in [0.25, 0.3) is 21.8 Å². The third-order valence-corrected chi connectivity index (χ3v) is 4.72. The van der Waals surface area contributed by atoms with E-state index in [1.807, 2.05) is 36.7 Å². The van der Waals surface area contributed by atoms with Gasteiger partial charge in [-0.05, 0) is 60.7 Å². The van der Waals surface area contributed by atoms with Gasteiger partial charge in [-0.25, -0.2) is 0 Å². The Morgan fingerprint density at radius 2 is 1.37 bits per heavy atom. The van der Waals surface area contributed by atoms with E-state index >= 15 is 0 Å². The lowest BCUT2D eigenvalue weighted by molar-refractivity contribution is 1.29. The van der Waals surface area contributed by atoms with Crippen molar-refractivity contribution in [1.29, 1.82) is 0 Å². The van der Waals surface area contributed by atoms with Crippen LogP contribution in [0.2, 0.25) is 0 Å². The number of anilines is 3. The average molecular weight is 347 g/mol. The molecule has 0 fully saturated rings. The van der Waals surface area contributed by atoms with Crippen LogP contribution in [-0.4, -0.2) is 9.97 Å². The molecule has 0 amide bonds. The molecule has 0 bridgehead atoms. The molecule has 0 saturated heterocycles. The maximum absolute atomic E-state index is 4.52. The normalized spacial score (nSPS) is 11.0. The molecule has 3 heteroatoms. The second-order valence-corrected chi connectivity index (χ2v) is 6.40. The van der Waals surface area contributed by atoms with E-state index in [4.69, 9.17) is 0 Å². The van der Waals surface area contributed by atoms with Gasteiger partial charge in [0.15, 0.2) is 0 Å². The molecule has 2 heterocycles. The smallest absolute Gasteiger partial charge is 0.0723 e. The van der Waals surface area contributed by atoms with E-state index in [2.05, 4.69) is 81.6 Å². The Balaban J connectivity index is 1.78. The van der Waals surface area contributed by atoms with Crippen LogP contribution in [0.15, 0.2) is 103 Å². The van der Waals surface area contributed by atoms with Gasteiger partial charge in [-0.1, -0.05) is 30.3 Å². The maximum atomic E-state index is 4.52. The number of hydrogen-bond acceptors (Lipinski definition) is 3. The van der Waals surface area contributed by atoms with E-state index in [-0.39, 0.29) is 0 Å². The summed E-state index contributed by atoms with van der Waals surface area (Å²) in [5.41, 5.74) is 5.29. The highest BCUT2D eigenvalue weighted by Gasteiger charge is 2.15. The summed E-state index contributed by atoms with van der Waals surface area (Å²) in [4.78, 5) is 11.2. The minimum atomic E-state index is 0.985. The van der Waals surface area contributed by atoms with Crippen molar-refractivity contribution >= 4 is 38.9 Å². The molecule has 0 aliphatic carbocycles. The topological polar surface area (TPSA) is 29.0 Å². The van der Waals surface area contributed by atoms with Crippen LogP contribution < -0.4 is 4.90 Å². The van der Waals surface area contributed by atoms with Crippen molar-refractivity contribution in [3.8, 4) is 0 Å². The molecule has 5 rings (SSSR count). The largest absolute Gasteiger partial charge is 0.310 e. The van der Waals surface area contributed by atoms with Gasteiger partial charge in [-0.2, -0.15) is 0 Å². The van der Waals surface area contributed by atoms with Crippen molar-refractivity contribution in [3.63, 3.8) is 0 Å². The fourth-order valence-electron chi connectivity index (χ4n) is 3.49. The third kappa shape index (κ3) is 2.79. The molecule has 0 aliphatic rings. The Hall–Kier alpha value is -3.72. The standard InChI is InChI=1S/C24H17N3/c1-2-8-19(9-3-1)27(20-13-14-22-18(17-20)7-5-15-25-22)24-12-4-11-23-21(24)10-6-16-26-23/h1-17H. The summed E-state index contributed by atoms with van der Waals surface area (Å²) in [6.45, 7) is 0. The van der Waals surface area contributed by atoms with Crippen LogP contribution in [-0.2, 0) is 0 Å². The number of para-hydroxylation sites is 1. The summed E-state index contributed by atoms with van der Waals surface area (Å²) < 4.78 is 0. The van der Waals surface area contributed by atoms with Crippen LogP contribution in [0.5, 0.6) is 0 Å². The third-order valence-electron chi connectivity index (χ3n) is 4.72. The summed E-state index contributed by atoms with van der Waals surface area (Å²) in [6.07, 6.45) is 3.66. The molecule has 0 unspecified atom stereocenters. The van der Waals surface area contributed by atoms with Gasteiger partial charge < -0.3 is 4.90 Å². The molecule has 5 aromatic rings. The van der Waals surface area contributed by atoms with E-state index in [1.165, 1.54) is 0 Å². The highest BCUT2D eigenvalue weighted by molar-refractivity contribution is 5.98. The van der Waals surface area contributed by atoms with Crippen LogP contribution in [0.3, 0.4) is 0 Å². The molecule has 2 aromatic heterocycles. The van der Waals surface area contributed by atoms with Crippen molar-refractivity contribution < 1.29 is 0 Å². The predicted molar refractivity (Wildman–Crippen MR) is 112 cm³/mol. The van der Waals surface area contributed by atoms with Crippen LogP contribution >= 0.6 is 0 Å². The van der Waals surface area contributed by atoms with Crippen LogP contribution in [0, 0.1) is 0 Å². The molecule has 128 valence electrons. The highest BCUT2D eigenvalue weighted by atomic mass is 15.1. The van der Waals surface area contributed by atoms with Crippen LogP contribution in [0.1, 0.15) is 0 Å². The maximum Gasteiger partial charge on any atom is 0.0723 e. The lowest BCUT2D eigenvalue weighted by Gasteiger charge is -2.26. The van der Waals surface area contributed by atoms with Gasteiger partial charge in [0.25, 0.3) is 0 Å². The summed E-state index contributed by atoms with van der Waals surface area (Å²) in [5.74, 6) is 0. The SMILES string of the molecule is c1ccc(N(c2ccc3ncccc3c2)c2cccc3ncccc23)cc1. The van der Waals surface area contributed by atoms with E-state index in [9.17, 15) is 0 Å². The quantitative estimate of drug-likeness (QED) is 0.386. The fourth-order valence-corrected chi connectivity index (χ4v) is 3.49. The first kappa shape index (κ1) is 15.5. The number of nitrogens with zero attached hydrogens (tertiary/aromatic N) is 3. The number of aromatic nitrogens is 2. The van der Waals surface area contributed by atoms with E-state index in [1.54, 1.807) is 0 Å². The molecular weight excluding hydrogens is 330 g/mol. The van der Waals surface area contributed by atoms with Crippen molar-refractivity contribution in [2.75, 3.05) is 4.90 Å². The second-order valence-electron chi connectivity index (χ2n) is 6.40. The average Bonchev–Trinajstić information content (AvgIpc) is 2.75. The summed E-state index contributed by atoms with van der Waals surface area (Å²) >= 11 is 0. The van der Waals surface area contributed by atoms with E-state index in [0.717, 1.165) is 38.9 Å². The first-order valence-corrected chi connectivity index (χ1v) is 8.94. The number of benzene rings is 3. The van der Waals surface area contributed by atoms with E-state index < -0.39 is 0 Å². The van der Waals surface area contributed by atoms with Gasteiger partial charge in [0.2, 0.25) is 0 Å². The van der Waals surface area contributed by atoms with Crippen molar-refractivity contribution in [2.45, 2.75) is 0 Å². The van der Waals surface area contributed by atoms with Crippen LogP contribution in [0.4, 0.5) is 17.1 Å². The predicted octanol–water partition coefficient (Wildman–Crippen LogP) is 6.25. The van der Waals surface area contributed by atoms with E-state index in [0.29, 0.717) is 0 Å². The Labute approximate surface area is 157 Å². The highest BCUT2D eigenvalue weighted by Crippen LogP contribution is 2.38. The first-order valence-electron chi connectivity index (χ1n) is 8.94. The Morgan fingerprint density at radius 3 is 2.26 bits per heavy atom. The molecule has 3 nitrogen and oxygen atoms in total. The zero-order chi connectivity index (χ0) is 18.1. The minimum absolute atomic E-state index is 0.985. The molecule has 0 atom stereocenters. The number of hydrogen-bond donors (Lipinski definition) is 0. The molecule has 0 saturated carbocycles. The fraction of sp³-hybridized carbons (Fsp3) is 0. The monoisotopic (exact) mass is 347 g/mol. The minimum Gasteiger partial charge on any atom is -0.310 e. The summed E-state index contributed by atoms with van der Waals surface area (Å²) in [7, 11) is 0. The Kier molecular flexibility index (Phi) is 3.76. The second kappa shape index (κ2) is 6.54. The molecule has 27 heavy (non-hydrogen) atoms. The van der Waals surface area contributed by atoms with Crippen molar-refractivity contribution in [3.05, 3.63) is 103 Å². The van der Waals surface area contributed by atoms with Gasteiger partial charge >= 0.3 is 0 Å². The van der Waals surface area contributed by atoms with Gasteiger partial charge in [-0.15, -0.1) is 0 Å². The zero-order valence-electron chi connectivity index (χ0n) is 14.7.